The first-order valence-electron chi connectivity index (χ1n) is 10.4. The summed E-state index contributed by atoms with van der Waals surface area (Å²) in [5.41, 5.74) is 4.77. The fourth-order valence-corrected chi connectivity index (χ4v) is 6.28. The largest absolute Gasteiger partial charge is 0.449 e. The summed E-state index contributed by atoms with van der Waals surface area (Å²) < 4.78 is 41.0. The van der Waals surface area contributed by atoms with Crippen LogP contribution in [0.1, 0.15) is 44.3 Å². The summed E-state index contributed by atoms with van der Waals surface area (Å²) in [7, 11) is 0. The van der Waals surface area contributed by atoms with Gasteiger partial charge in [-0.1, -0.05) is 12.1 Å². The number of hydrazine groups is 1. The number of halogens is 3. The van der Waals surface area contributed by atoms with Crippen molar-refractivity contribution in [1.82, 2.24) is 20.4 Å². The summed E-state index contributed by atoms with van der Waals surface area (Å²) in [6, 6.07) is 6.13. The van der Waals surface area contributed by atoms with Gasteiger partial charge in [0.1, 0.15) is 6.54 Å². The predicted octanol–water partition coefficient (Wildman–Crippen LogP) is 3.42. The molecule has 160 valence electrons. The second kappa shape index (κ2) is 6.72. The van der Waals surface area contributed by atoms with Gasteiger partial charge in [-0.3, -0.25) is 20.4 Å². The van der Waals surface area contributed by atoms with E-state index in [9.17, 15) is 22.8 Å². The van der Waals surface area contributed by atoms with Crippen LogP contribution in [-0.4, -0.2) is 21.4 Å². The van der Waals surface area contributed by atoms with Crippen molar-refractivity contribution in [3.05, 3.63) is 30.1 Å². The fraction of sp³-hybridized carbons (Fsp3) is 0.571. The highest BCUT2D eigenvalue weighted by Gasteiger charge is 2.54. The van der Waals surface area contributed by atoms with E-state index in [0.29, 0.717) is 17.8 Å². The Kier molecular flexibility index (Phi) is 4.34. The van der Waals surface area contributed by atoms with Crippen molar-refractivity contribution < 1.29 is 22.8 Å². The van der Waals surface area contributed by atoms with Crippen LogP contribution in [0.15, 0.2) is 24.3 Å². The summed E-state index contributed by atoms with van der Waals surface area (Å²) in [4.78, 5) is 29.0. The highest BCUT2D eigenvalue weighted by Crippen LogP contribution is 2.60. The van der Waals surface area contributed by atoms with Crippen LogP contribution in [0.5, 0.6) is 0 Å². The molecule has 0 spiro atoms. The molecule has 1 aromatic heterocycles. The zero-order chi connectivity index (χ0) is 21.1. The number of imidazole rings is 1. The summed E-state index contributed by atoms with van der Waals surface area (Å²) >= 11 is 0. The molecule has 2 amide bonds. The number of carbonyl (C=O) groups is 2. The number of amides is 2. The SMILES string of the molecule is O=C(Cn1c(C(F)(F)F)nc2ccccc21)NNC(=O)C12CC3CC(CC(C3)C1)C2. The molecule has 4 saturated carbocycles. The normalized spacial score (nSPS) is 29.9. The van der Waals surface area contributed by atoms with Crippen molar-refractivity contribution >= 4 is 22.8 Å². The number of nitrogens with zero attached hydrogens (tertiary/aromatic N) is 2. The lowest BCUT2D eigenvalue weighted by molar-refractivity contribution is -0.150. The highest BCUT2D eigenvalue weighted by molar-refractivity contribution is 5.87. The lowest BCUT2D eigenvalue weighted by Gasteiger charge is -2.55. The molecule has 2 N–H and O–H groups in total. The molecule has 1 heterocycles. The van der Waals surface area contributed by atoms with Crippen LogP contribution in [0, 0.1) is 23.2 Å². The van der Waals surface area contributed by atoms with Gasteiger partial charge in [-0.05, 0) is 68.4 Å². The van der Waals surface area contributed by atoms with E-state index >= 15 is 0 Å². The van der Waals surface area contributed by atoms with E-state index in [1.807, 2.05) is 0 Å². The predicted molar refractivity (Wildman–Crippen MR) is 102 cm³/mol. The molecule has 6 rings (SSSR count). The molecular formula is C21H23F3N4O2. The lowest BCUT2D eigenvalue weighted by atomic mass is 9.49. The van der Waals surface area contributed by atoms with E-state index in [1.54, 1.807) is 12.1 Å². The Morgan fingerprint density at radius 1 is 1.03 bits per heavy atom. The Balaban J connectivity index is 1.29. The first-order valence-corrected chi connectivity index (χ1v) is 10.4. The summed E-state index contributed by atoms with van der Waals surface area (Å²) in [5.74, 6) is -0.340. The number of nitrogens with one attached hydrogen (secondary N) is 2. The lowest BCUT2D eigenvalue weighted by Crippen LogP contribution is -2.57. The molecule has 4 aliphatic rings. The van der Waals surface area contributed by atoms with Gasteiger partial charge in [-0.2, -0.15) is 13.2 Å². The fourth-order valence-electron chi connectivity index (χ4n) is 6.28. The Morgan fingerprint density at radius 2 is 1.63 bits per heavy atom. The van der Waals surface area contributed by atoms with Crippen molar-refractivity contribution in [2.24, 2.45) is 23.2 Å². The molecule has 9 heteroatoms. The first-order chi connectivity index (χ1) is 14.2. The number of carbonyl (C=O) groups excluding carboxylic acids is 2. The van der Waals surface area contributed by atoms with Gasteiger partial charge in [0, 0.05) is 0 Å². The quantitative estimate of drug-likeness (QED) is 0.748. The zero-order valence-electron chi connectivity index (χ0n) is 16.3. The van der Waals surface area contributed by atoms with Crippen LogP contribution < -0.4 is 10.9 Å². The molecule has 30 heavy (non-hydrogen) atoms. The molecule has 4 fully saturated rings. The van der Waals surface area contributed by atoms with Gasteiger partial charge in [0.2, 0.25) is 11.7 Å². The molecule has 2 aromatic rings. The van der Waals surface area contributed by atoms with Gasteiger partial charge in [0.05, 0.1) is 16.4 Å². The van der Waals surface area contributed by atoms with Crippen molar-refractivity contribution in [1.29, 1.82) is 0 Å². The molecular weight excluding hydrogens is 397 g/mol. The van der Waals surface area contributed by atoms with Crippen LogP contribution in [0.25, 0.3) is 11.0 Å². The smallest absolute Gasteiger partial charge is 0.311 e. The molecule has 4 aliphatic carbocycles. The number of benzene rings is 1. The number of hydrogen-bond donors (Lipinski definition) is 2. The van der Waals surface area contributed by atoms with E-state index in [-0.39, 0.29) is 16.9 Å². The van der Waals surface area contributed by atoms with Gasteiger partial charge in [0.15, 0.2) is 0 Å². The standard InChI is InChI=1S/C21H23F3N4O2/c22-21(23,24)18-25-15-3-1-2-4-16(15)28(18)11-17(29)26-27-19(30)20-8-12-5-13(9-20)7-14(6-12)10-20/h1-4,12-14H,5-11H2,(H,26,29)(H,27,30). The van der Waals surface area contributed by atoms with E-state index in [4.69, 9.17) is 0 Å². The minimum absolute atomic E-state index is 0.162. The Labute approximate surface area is 171 Å². The number of fused-ring (bicyclic) bond motifs is 1. The molecule has 1 aromatic carbocycles. The van der Waals surface area contributed by atoms with Gasteiger partial charge in [-0.15, -0.1) is 0 Å². The first kappa shape index (κ1) is 19.4. The number of para-hydroxylation sites is 2. The maximum Gasteiger partial charge on any atom is 0.449 e. The minimum atomic E-state index is -4.69. The van der Waals surface area contributed by atoms with E-state index in [2.05, 4.69) is 15.8 Å². The van der Waals surface area contributed by atoms with Crippen molar-refractivity contribution in [3.63, 3.8) is 0 Å². The maximum atomic E-state index is 13.4. The van der Waals surface area contributed by atoms with Crippen LogP contribution in [-0.2, 0) is 22.3 Å². The summed E-state index contributed by atoms with van der Waals surface area (Å²) in [6.07, 6.45) is 1.38. The highest BCUT2D eigenvalue weighted by atomic mass is 19.4. The third-order valence-electron chi connectivity index (χ3n) is 7.05. The number of rotatable bonds is 3. The van der Waals surface area contributed by atoms with Gasteiger partial charge in [0.25, 0.3) is 5.91 Å². The Bertz CT molecular complexity index is 978. The molecule has 0 saturated heterocycles. The third-order valence-corrected chi connectivity index (χ3v) is 7.05. The number of aromatic nitrogens is 2. The van der Waals surface area contributed by atoms with Crippen molar-refractivity contribution in [3.8, 4) is 0 Å². The number of alkyl halides is 3. The van der Waals surface area contributed by atoms with E-state index in [0.717, 1.165) is 23.8 Å². The molecule has 4 bridgehead atoms. The third kappa shape index (κ3) is 3.24. The number of hydrogen-bond acceptors (Lipinski definition) is 3. The Morgan fingerprint density at radius 3 is 2.23 bits per heavy atom. The second-order valence-electron chi connectivity index (χ2n) is 9.21. The van der Waals surface area contributed by atoms with E-state index in [1.165, 1.54) is 31.4 Å². The van der Waals surface area contributed by atoms with Crippen molar-refractivity contribution in [2.75, 3.05) is 0 Å². The molecule has 0 atom stereocenters. The Hall–Kier alpha value is -2.58. The van der Waals surface area contributed by atoms with E-state index < -0.39 is 29.9 Å². The average Bonchev–Trinajstić information content (AvgIpc) is 3.04. The second-order valence-corrected chi connectivity index (χ2v) is 9.21. The zero-order valence-corrected chi connectivity index (χ0v) is 16.3. The summed E-state index contributed by atoms with van der Waals surface area (Å²) in [6.45, 7) is -0.587. The average molecular weight is 420 g/mol. The molecule has 0 radical (unpaired) electrons. The van der Waals surface area contributed by atoms with Crippen molar-refractivity contribution in [2.45, 2.75) is 51.2 Å². The monoisotopic (exact) mass is 420 g/mol. The molecule has 0 unspecified atom stereocenters. The minimum Gasteiger partial charge on any atom is -0.311 e. The van der Waals surface area contributed by atoms with Gasteiger partial charge in [-0.25, -0.2) is 4.98 Å². The summed E-state index contributed by atoms with van der Waals surface area (Å²) in [5, 5.41) is 0. The van der Waals surface area contributed by atoms with Gasteiger partial charge < -0.3 is 4.57 Å². The maximum absolute atomic E-state index is 13.4. The van der Waals surface area contributed by atoms with Crippen LogP contribution in [0.3, 0.4) is 0 Å². The van der Waals surface area contributed by atoms with Crippen LogP contribution in [0.2, 0.25) is 0 Å². The molecule has 0 aliphatic heterocycles. The topological polar surface area (TPSA) is 76.0 Å². The van der Waals surface area contributed by atoms with Gasteiger partial charge >= 0.3 is 6.18 Å². The van der Waals surface area contributed by atoms with Crippen LogP contribution in [0.4, 0.5) is 13.2 Å². The molecule has 6 nitrogen and oxygen atoms in total. The van der Waals surface area contributed by atoms with Crippen LogP contribution >= 0.6 is 0 Å².